The molecule has 1 heterocycles. The summed E-state index contributed by atoms with van der Waals surface area (Å²) in [7, 11) is -4.09. The van der Waals surface area contributed by atoms with Crippen LogP contribution in [0.15, 0.2) is 70.0 Å². The molecule has 0 spiro atoms. The summed E-state index contributed by atoms with van der Waals surface area (Å²) in [5.41, 5.74) is 3.19. The maximum Gasteiger partial charge on any atom is 0.244 e. The topological polar surface area (TPSA) is 167 Å². The average Bonchev–Trinajstić information content (AvgIpc) is 3.36. The van der Waals surface area contributed by atoms with E-state index in [0.29, 0.717) is 30.1 Å². The summed E-state index contributed by atoms with van der Waals surface area (Å²) in [6, 6.07) is 13.3. The summed E-state index contributed by atoms with van der Waals surface area (Å²) in [6.45, 7) is 0. The molecule has 0 radical (unpaired) electrons. The first-order chi connectivity index (χ1) is 17.3. The number of aromatic nitrogens is 1. The molecule has 2 aromatic carbocycles. The SMILES string of the molecule is O=Nc1ccc(S(=O)(=O)N[C@@H](CCCCCC(=O)NO)C(=O)Nc2nc(-c3ccccc3)cs2)cc1. The van der Waals surface area contributed by atoms with Gasteiger partial charge in [0.15, 0.2) is 5.13 Å². The first-order valence-electron chi connectivity index (χ1n) is 11.0. The second kappa shape index (κ2) is 13.0. The summed E-state index contributed by atoms with van der Waals surface area (Å²) in [4.78, 5) is 39.1. The average molecular weight is 532 g/mol. The zero-order valence-corrected chi connectivity index (χ0v) is 20.7. The number of nitrogens with zero attached hydrogens (tertiary/aromatic N) is 2. The molecule has 3 rings (SSSR count). The number of carbonyl (C=O) groups is 2. The molecule has 4 N–H and O–H groups in total. The lowest BCUT2D eigenvalue weighted by molar-refractivity contribution is -0.129. The summed E-state index contributed by atoms with van der Waals surface area (Å²) < 4.78 is 28.2. The van der Waals surface area contributed by atoms with E-state index in [1.54, 1.807) is 10.9 Å². The maximum atomic E-state index is 13.1. The second-order valence-electron chi connectivity index (χ2n) is 7.79. The predicted octanol–water partition coefficient (Wildman–Crippen LogP) is 3.95. The summed E-state index contributed by atoms with van der Waals surface area (Å²) in [6.07, 6.45) is 1.71. The van der Waals surface area contributed by atoms with Gasteiger partial charge in [0.2, 0.25) is 21.8 Å². The van der Waals surface area contributed by atoms with Gasteiger partial charge >= 0.3 is 0 Å². The third-order valence-corrected chi connectivity index (χ3v) is 7.44. The van der Waals surface area contributed by atoms with E-state index in [0.717, 1.165) is 5.56 Å². The number of rotatable bonds is 13. The Kier molecular flexibility index (Phi) is 9.76. The molecule has 0 fully saturated rings. The molecule has 1 aromatic heterocycles. The molecular weight excluding hydrogens is 506 g/mol. The van der Waals surface area contributed by atoms with Crippen LogP contribution in [-0.4, -0.2) is 36.5 Å². The highest BCUT2D eigenvalue weighted by Gasteiger charge is 2.26. The molecule has 0 aliphatic rings. The Balaban J connectivity index is 1.71. The number of anilines is 1. The van der Waals surface area contributed by atoms with Crippen molar-refractivity contribution in [1.82, 2.24) is 15.2 Å². The van der Waals surface area contributed by atoms with Gasteiger partial charge in [0, 0.05) is 17.4 Å². The van der Waals surface area contributed by atoms with Crippen LogP contribution in [0, 0.1) is 4.91 Å². The number of nitroso groups, excluding NO2 is 1. The van der Waals surface area contributed by atoms with Gasteiger partial charge in [-0.3, -0.25) is 14.8 Å². The number of nitrogens with one attached hydrogen (secondary N) is 3. The first kappa shape index (κ1) is 27.1. The molecule has 190 valence electrons. The van der Waals surface area contributed by atoms with E-state index in [1.165, 1.54) is 35.6 Å². The van der Waals surface area contributed by atoms with E-state index in [9.17, 15) is 22.9 Å². The molecule has 13 heteroatoms. The smallest absolute Gasteiger partial charge is 0.244 e. The minimum atomic E-state index is -4.09. The van der Waals surface area contributed by atoms with Crippen LogP contribution in [0.3, 0.4) is 0 Å². The van der Waals surface area contributed by atoms with Crippen molar-refractivity contribution in [3.05, 3.63) is 64.9 Å². The van der Waals surface area contributed by atoms with E-state index in [2.05, 4.69) is 20.2 Å². The van der Waals surface area contributed by atoms with Gasteiger partial charge in [0.1, 0.15) is 11.7 Å². The van der Waals surface area contributed by atoms with Gasteiger partial charge < -0.3 is 5.32 Å². The van der Waals surface area contributed by atoms with Crippen molar-refractivity contribution in [2.75, 3.05) is 5.32 Å². The fourth-order valence-corrected chi connectivity index (χ4v) is 5.27. The standard InChI is InChI=1S/C23H25N5O6S2/c29-21(27-32)10-6-2-5-9-19(28-36(33,34)18-13-11-17(26-31)12-14-18)22(30)25-23-24-20(15-35-23)16-7-3-1-4-8-16/h1,3-4,7-8,11-15,19,28,32H,2,5-6,9-10H2,(H,27,29)(H,24,25,30)/t19-/m0/s1. The Morgan fingerprint density at radius 2 is 1.75 bits per heavy atom. The van der Waals surface area contributed by atoms with Crippen molar-refractivity contribution in [1.29, 1.82) is 0 Å². The van der Waals surface area contributed by atoms with Gasteiger partial charge in [-0.25, -0.2) is 18.9 Å². The zero-order valence-electron chi connectivity index (χ0n) is 19.1. The maximum absolute atomic E-state index is 13.1. The van der Waals surface area contributed by atoms with E-state index >= 15 is 0 Å². The third-order valence-electron chi connectivity index (χ3n) is 5.19. The van der Waals surface area contributed by atoms with Crippen LogP contribution >= 0.6 is 11.3 Å². The summed E-state index contributed by atoms with van der Waals surface area (Å²) in [5, 5.41) is 16.1. The van der Waals surface area contributed by atoms with Crippen LogP contribution in [0.1, 0.15) is 32.1 Å². The normalized spacial score (nSPS) is 12.0. The number of hydrogen-bond donors (Lipinski definition) is 4. The van der Waals surface area contributed by atoms with Crippen molar-refractivity contribution in [3.63, 3.8) is 0 Å². The van der Waals surface area contributed by atoms with Crippen molar-refractivity contribution in [2.24, 2.45) is 5.18 Å². The minimum Gasteiger partial charge on any atom is -0.301 e. The first-order valence-corrected chi connectivity index (χ1v) is 13.4. The molecule has 0 bridgehead atoms. The monoisotopic (exact) mass is 531 g/mol. The number of hydroxylamine groups is 1. The number of thiazole rings is 1. The Bertz CT molecular complexity index is 1280. The lowest BCUT2D eigenvalue weighted by Gasteiger charge is -2.18. The highest BCUT2D eigenvalue weighted by Crippen LogP contribution is 2.25. The van der Waals surface area contributed by atoms with Gasteiger partial charge in [0.25, 0.3) is 0 Å². The van der Waals surface area contributed by atoms with Gasteiger partial charge in [0.05, 0.1) is 10.6 Å². The number of benzene rings is 2. The lowest BCUT2D eigenvalue weighted by atomic mass is 10.1. The van der Waals surface area contributed by atoms with Crippen LogP contribution in [0.2, 0.25) is 0 Å². The zero-order chi connectivity index (χ0) is 26.0. The molecule has 0 aliphatic carbocycles. The van der Waals surface area contributed by atoms with E-state index in [1.807, 2.05) is 30.3 Å². The molecule has 0 saturated heterocycles. The van der Waals surface area contributed by atoms with Crippen LogP contribution in [-0.2, 0) is 19.6 Å². The Hall–Kier alpha value is -3.52. The number of sulfonamides is 1. The van der Waals surface area contributed by atoms with E-state index < -0.39 is 27.9 Å². The van der Waals surface area contributed by atoms with Crippen LogP contribution < -0.4 is 15.5 Å². The van der Waals surface area contributed by atoms with E-state index in [4.69, 9.17) is 5.21 Å². The Labute approximate surface area is 212 Å². The molecule has 2 amide bonds. The molecule has 0 unspecified atom stereocenters. The Morgan fingerprint density at radius 1 is 1.03 bits per heavy atom. The fourth-order valence-electron chi connectivity index (χ4n) is 3.32. The van der Waals surface area contributed by atoms with Gasteiger partial charge in [-0.15, -0.1) is 16.2 Å². The van der Waals surface area contributed by atoms with Crippen molar-refractivity contribution >= 4 is 44.0 Å². The Morgan fingerprint density at radius 3 is 2.42 bits per heavy atom. The molecule has 36 heavy (non-hydrogen) atoms. The fraction of sp³-hybridized carbons (Fsp3) is 0.261. The van der Waals surface area contributed by atoms with Gasteiger partial charge in [-0.1, -0.05) is 43.2 Å². The van der Waals surface area contributed by atoms with Crippen molar-refractivity contribution in [3.8, 4) is 11.3 Å². The number of hydrogen-bond acceptors (Lipinski definition) is 9. The molecule has 0 aliphatic heterocycles. The molecular formula is C23H25N5O6S2. The van der Waals surface area contributed by atoms with Crippen LogP contribution in [0.5, 0.6) is 0 Å². The highest BCUT2D eigenvalue weighted by molar-refractivity contribution is 7.89. The summed E-state index contributed by atoms with van der Waals surface area (Å²) in [5.74, 6) is -1.09. The van der Waals surface area contributed by atoms with Gasteiger partial charge in [-0.05, 0) is 42.3 Å². The molecule has 1 atom stereocenters. The molecule has 3 aromatic rings. The van der Waals surface area contributed by atoms with Crippen molar-refractivity contribution in [2.45, 2.75) is 43.0 Å². The predicted molar refractivity (Wildman–Crippen MR) is 135 cm³/mol. The third kappa shape index (κ3) is 7.75. The van der Waals surface area contributed by atoms with Crippen LogP contribution in [0.25, 0.3) is 11.3 Å². The highest BCUT2D eigenvalue weighted by atomic mass is 32.2. The summed E-state index contributed by atoms with van der Waals surface area (Å²) >= 11 is 1.22. The van der Waals surface area contributed by atoms with Gasteiger partial charge in [-0.2, -0.15) is 4.72 Å². The second-order valence-corrected chi connectivity index (χ2v) is 10.4. The molecule has 0 saturated carbocycles. The molecule has 11 nitrogen and oxygen atoms in total. The van der Waals surface area contributed by atoms with Crippen LogP contribution in [0.4, 0.5) is 10.8 Å². The number of unbranched alkanes of at least 4 members (excludes halogenated alkanes) is 2. The largest absolute Gasteiger partial charge is 0.301 e. The number of amides is 2. The lowest BCUT2D eigenvalue weighted by Crippen LogP contribution is -2.43. The van der Waals surface area contributed by atoms with E-state index in [-0.39, 0.29) is 23.4 Å². The van der Waals surface area contributed by atoms with Crippen molar-refractivity contribution < 1.29 is 23.2 Å². The quantitative estimate of drug-likeness (QED) is 0.112. The number of carbonyl (C=O) groups excluding carboxylic acids is 2. The minimum absolute atomic E-state index is 0.0770.